The van der Waals surface area contributed by atoms with Gasteiger partial charge < -0.3 is 5.32 Å². The van der Waals surface area contributed by atoms with E-state index in [2.05, 4.69) is 34.6 Å². The number of rotatable bonds is 6. The fraction of sp³-hybridized carbons (Fsp3) is 0.636. The van der Waals surface area contributed by atoms with Gasteiger partial charge in [-0.15, -0.1) is 0 Å². The van der Waals surface area contributed by atoms with Crippen LogP contribution in [0.1, 0.15) is 26.7 Å². The summed E-state index contributed by atoms with van der Waals surface area (Å²) in [5, 5.41) is 14.0. The third-order valence-corrected chi connectivity index (χ3v) is 3.82. The van der Waals surface area contributed by atoms with Crippen molar-refractivity contribution in [1.82, 2.24) is 9.97 Å². The van der Waals surface area contributed by atoms with Gasteiger partial charge in [-0.3, -0.25) is 15.5 Å². The van der Waals surface area contributed by atoms with Gasteiger partial charge in [-0.1, -0.05) is 13.8 Å². The Morgan fingerprint density at radius 2 is 2.26 bits per heavy atom. The van der Waals surface area contributed by atoms with Crippen molar-refractivity contribution >= 4 is 17.5 Å². The lowest BCUT2D eigenvalue weighted by Gasteiger charge is -2.20. The second-order valence-corrected chi connectivity index (χ2v) is 5.20. The highest BCUT2D eigenvalue weighted by Gasteiger charge is 2.45. The standard InChI is InChI=1S/C11H18N6O2/c1-7(2)11(3-4-11)6-14-9-8(17(18)19)5-13-10(15-9)16-12/h5,7H,3-4,6,12H2,1-2H3,(H2,13,14,15,16). The van der Waals surface area contributed by atoms with Crippen molar-refractivity contribution in [2.45, 2.75) is 26.7 Å². The third-order valence-electron chi connectivity index (χ3n) is 3.82. The first-order valence-electron chi connectivity index (χ1n) is 6.20. The van der Waals surface area contributed by atoms with E-state index in [-0.39, 0.29) is 22.9 Å². The van der Waals surface area contributed by atoms with E-state index in [1.165, 1.54) is 0 Å². The minimum Gasteiger partial charge on any atom is -0.364 e. The number of hydrogen-bond acceptors (Lipinski definition) is 7. The first kappa shape index (κ1) is 13.5. The molecule has 1 aliphatic rings. The molecular formula is C11H18N6O2. The van der Waals surface area contributed by atoms with E-state index < -0.39 is 4.92 Å². The van der Waals surface area contributed by atoms with Crippen molar-refractivity contribution in [2.24, 2.45) is 17.2 Å². The number of nitro groups is 1. The van der Waals surface area contributed by atoms with Crippen LogP contribution >= 0.6 is 0 Å². The van der Waals surface area contributed by atoms with Crippen LogP contribution in [0.3, 0.4) is 0 Å². The molecule has 1 aromatic heterocycles. The van der Waals surface area contributed by atoms with E-state index in [1.54, 1.807) is 0 Å². The Bertz CT molecular complexity index is 486. The summed E-state index contributed by atoms with van der Waals surface area (Å²) in [4.78, 5) is 18.2. The second-order valence-electron chi connectivity index (χ2n) is 5.20. The zero-order chi connectivity index (χ0) is 14.0. The quantitative estimate of drug-likeness (QED) is 0.405. The SMILES string of the molecule is CC(C)C1(CNc2nc(NN)ncc2[N+](=O)[O-])CC1. The molecule has 104 valence electrons. The highest BCUT2D eigenvalue weighted by molar-refractivity contribution is 5.57. The minimum atomic E-state index is -0.502. The number of anilines is 2. The lowest BCUT2D eigenvalue weighted by Crippen LogP contribution is -2.22. The van der Waals surface area contributed by atoms with Crippen LogP contribution in [0.25, 0.3) is 0 Å². The van der Waals surface area contributed by atoms with Gasteiger partial charge >= 0.3 is 5.69 Å². The Hall–Kier alpha value is -1.96. The van der Waals surface area contributed by atoms with Crippen molar-refractivity contribution in [2.75, 3.05) is 17.3 Å². The molecule has 0 spiro atoms. The van der Waals surface area contributed by atoms with Gasteiger partial charge in [0.1, 0.15) is 6.20 Å². The number of nitrogen functional groups attached to an aromatic ring is 1. The van der Waals surface area contributed by atoms with Crippen molar-refractivity contribution in [1.29, 1.82) is 0 Å². The normalized spacial score (nSPS) is 16.2. The fourth-order valence-electron chi connectivity index (χ4n) is 2.09. The highest BCUT2D eigenvalue weighted by atomic mass is 16.6. The van der Waals surface area contributed by atoms with E-state index in [4.69, 9.17) is 5.84 Å². The van der Waals surface area contributed by atoms with Gasteiger partial charge in [0.15, 0.2) is 0 Å². The summed E-state index contributed by atoms with van der Waals surface area (Å²) in [7, 11) is 0. The summed E-state index contributed by atoms with van der Waals surface area (Å²) < 4.78 is 0. The van der Waals surface area contributed by atoms with Gasteiger partial charge in [-0.25, -0.2) is 10.8 Å². The lowest BCUT2D eigenvalue weighted by molar-refractivity contribution is -0.384. The first-order chi connectivity index (χ1) is 8.98. The van der Waals surface area contributed by atoms with Gasteiger partial charge in [-0.2, -0.15) is 4.98 Å². The maximum atomic E-state index is 10.9. The van der Waals surface area contributed by atoms with E-state index >= 15 is 0 Å². The zero-order valence-electron chi connectivity index (χ0n) is 11.0. The molecule has 0 unspecified atom stereocenters. The number of hydrogen-bond donors (Lipinski definition) is 3. The molecule has 0 aliphatic heterocycles. The summed E-state index contributed by atoms with van der Waals surface area (Å²) in [6.07, 6.45) is 3.43. The number of aromatic nitrogens is 2. The van der Waals surface area contributed by atoms with Crippen LogP contribution in [-0.4, -0.2) is 21.4 Å². The largest absolute Gasteiger partial charge is 0.364 e. The monoisotopic (exact) mass is 266 g/mol. The van der Waals surface area contributed by atoms with E-state index in [1.807, 2.05) is 0 Å². The first-order valence-corrected chi connectivity index (χ1v) is 6.20. The Morgan fingerprint density at radius 3 is 2.74 bits per heavy atom. The van der Waals surface area contributed by atoms with E-state index in [0.717, 1.165) is 19.0 Å². The van der Waals surface area contributed by atoms with Crippen molar-refractivity contribution < 1.29 is 4.92 Å². The lowest BCUT2D eigenvalue weighted by atomic mass is 9.92. The summed E-state index contributed by atoms with van der Waals surface area (Å²) in [6.45, 7) is 5.00. The Balaban J connectivity index is 2.16. The van der Waals surface area contributed by atoms with Crippen LogP contribution in [0.2, 0.25) is 0 Å². The van der Waals surface area contributed by atoms with E-state index in [0.29, 0.717) is 12.5 Å². The average Bonchev–Trinajstić information content (AvgIpc) is 3.17. The molecule has 2 rings (SSSR count). The summed E-state index contributed by atoms with van der Waals surface area (Å²) in [6, 6.07) is 0. The molecule has 0 atom stereocenters. The molecule has 8 nitrogen and oxygen atoms in total. The van der Waals surface area contributed by atoms with Gasteiger partial charge in [0.05, 0.1) is 4.92 Å². The minimum absolute atomic E-state index is 0.140. The maximum absolute atomic E-state index is 10.9. The van der Waals surface area contributed by atoms with Crippen molar-refractivity contribution in [3.63, 3.8) is 0 Å². The second kappa shape index (κ2) is 4.96. The fourth-order valence-corrected chi connectivity index (χ4v) is 2.09. The molecule has 0 aromatic carbocycles. The molecule has 8 heteroatoms. The number of nitrogens with two attached hydrogens (primary N) is 1. The van der Waals surface area contributed by atoms with Crippen molar-refractivity contribution in [3.8, 4) is 0 Å². The van der Waals surface area contributed by atoms with Gasteiger partial charge in [0, 0.05) is 6.54 Å². The average molecular weight is 266 g/mol. The topological polar surface area (TPSA) is 119 Å². The summed E-state index contributed by atoms with van der Waals surface area (Å²) in [5.41, 5.74) is 2.38. The Kier molecular flexibility index (Phi) is 3.52. The van der Waals surface area contributed by atoms with Crippen molar-refractivity contribution in [3.05, 3.63) is 16.3 Å². The highest BCUT2D eigenvalue weighted by Crippen LogP contribution is 2.51. The molecule has 0 radical (unpaired) electrons. The Morgan fingerprint density at radius 1 is 1.58 bits per heavy atom. The molecule has 0 amide bonds. The van der Waals surface area contributed by atoms with Crippen LogP contribution in [0.5, 0.6) is 0 Å². The predicted octanol–water partition coefficient (Wildman–Crippen LogP) is 1.52. The molecule has 1 fully saturated rings. The van der Waals surface area contributed by atoms with Crippen LogP contribution in [-0.2, 0) is 0 Å². The van der Waals surface area contributed by atoms with Crippen LogP contribution in [0.15, 0.2) is 6.20 Å². The predicted molar refractivity (Wildman–Crippen MR) is 71.5 cm³/mol. The molecule has 0 bridgehead atoms. The Labute approximate surface area is 110 Å². The number of hydrazine groups is 1. The number of nitrogens with zero attached hydrogens (tertiary/aromatic N) is 3. The molecule has 0 saturated heterocycles. The summed E-state index contributed by atoms with van der Waals surface area (Å²) in [5.74, 6) is 6.11. The third kappa shape index (κ3) is 2.73. The molecule has 4 N–H and O–H groups in total. The van der Waals surface area contributed by atoms with Gasteiger partial charge in [0.25, 0.3) is 0 Å². The maximum Gasteiger partial charge on any atom is 0.329 e. The molecule has 1 aliphatic carbocycles. The van der Waals surface area contributed by atoms with Gasteiger partial charge in [0.2, 0.25) is 11.8 Å². The smallest absolute Gasteiger partial charge is 0.329 e. The van der Waals surface area contributed by atoms with Crippen LogP contribution in [0.4, 0.5) is 17.5 Å². The number of nitrogens with one attached hydrogen (secondary N) is 2. The molecular weight excluding hydrogens is 248 g/mol. The van der Waals surface area contributed by atoms with Gasteiger partial charge in [-0.05, 0) is 24.2 Å². The molecule has 1 heterocycles. The molecule has 19 heavy (non-hydrogen) atoms. The summed E-state index contributed by atoms with van der Waals surface area (Å²) >= 11 is 0. The van der Waals surface area contributed by atoms with Crippen LogP contribution < -0.4 is 16.6 Å². The van der Waals surface area contributed by atoms with E-state index in [9.17, 15) is 10.1 Å². The van der Waals surface area contributed by atoms with Crippen LogP contribution in [0, 0.1) is 21.4 Å². The molecule has 1 aromatic rings. The zero-order valence-corrected chi connectivity index (χ0v) is 11.0. The molecule has 1 saturated carbocycles.